The Morgan fingerprint density at radius 2 is 1.94 bits per heavy atom. The third-order valence-corrected chi connectivity index (χ3v) is 8.02. The van der Waals surface area contributed by atoms with Crippen molar-refractivity contribution in [2.45, 2.75) is 45.9 Å². The average Bonchev–Trinajstić information content (AvgIpc) is 3.23. The molecule has 2 aromatic heterocycles. The van der Waals surface area contributed by atoms with Crippen molar-refractivity contribution in [2.75, 3.05) is 5.32 Å². The Kier molecular flexibility index (Phi) is 6.13. The SMILES string of the molecule is Cc1cc(Nc2nccc(C(F)(F)F)n2)cc(-c2cnc(C(C)(O)C3CC(C(=O)O)C3(C)C)s2)c1. The van der Waals surface area contributed by atoms with Crippen LogP contribution in [0.1, 0.15) is 43.5 Å². The molecule has 7 nitrogen and oxygen atoms in total. The van der Waals surface area contributed by atoms with E-state index in [-0.39, 0.29) is 11.9 Å². The van der Waals surface area contributed by atoms with Crippen LogP contribution in [-0.2, 0) is 16.6 Å². The summed E-state index contributed by atoms with van der Waals surface area (Å²) >= 11 is 1.29. The highest BCUT2D eigenvalue weighted by molar-refractivity contribution is 7.15. The summed E-state index contributed by atoms with van der Waals surface area (Å²) in [4.78, 5) is 24.1. The van der Waals surface area contributed by atoms with Gasteiger partial charge in [-0.05, 0) is 55.0 Å². The number of benzene rings is 1. The van der Waals surface area contributed by atoms with Gasteiger partial charge in [-0.25, -0.2) is 15.0 Å². The van der Waals surface area contributed by atoms with Crippen molar-refractivity contribution in [1.29, 1.82) is 0 Å². The average molecular weight is 507 g/mol. The predicted octanol–water partition coefficient (Wildman–Crippen LogP) is 5.63. The number of carboxylic acids is 1. The molecule has 35 heavy (non-hydrogen) atoms. The van der Waals surface area contributed by atoms with E-state index >= 15 is 0 Å². The van der Waals surface area contributed by atoms with Gasteiger partial charge in [-0.2, -0.15) is 13.2 Å². The van der Waals surface area contributed by atoms with E-state index in [4.69, 9.17) is 0 Å². The van der Waals surface area contributed by atoms with Gasteiger partial charge in [0.1, 0.15) is 16.3 Å². The van der Waals surface area contributed by atoms with Gasteiger partial charge in [-0.1, -0.05) is 19.9 Å². The molecule has 1 aliphatic rings. The highest BCUT2D eigenvalue weighted by Crippen LogP contribution is 2.58. The monoisotopic (exact) mass is 506 g/mol. The largest absolute Gasteiger partial charge is 0.481 e. The van der Waals surface area contributed by atoms with E-state index in [0.29, 0.717) is 17.1 Å². The summed E-state index contributed by atoms with van der Waals surface area (Å²) in [5.74, 6) is -1.85. The van der Waals surface area contributed by atoms with Crippen molar-refractivity contribution < 1.29 is 28.2 Å². The van der Waals surface area contributed by atoms with Gasteiger partial charge in [-0.15, -0.1) is 11.3 Å². The topological polar surface area (TPSA) is 108 Å². The lowest BCUT2D eigenvalue weighted by molar-refractivity contribution is -0.182. The van der Waals surface area contributed by atoms with E-state index < -0.39 is 34.8 Å². The van der Waals surface area contributed by atoms with Crippen molar-refractivity contribution >= 4 is 28.9 Å². The molecule has 3 atom stereocenters. The van der Waals surface area contributed by atoms with E-state index in [2.05, 4.69) is 20.3 Å². The van der Waals surface area contributed by atoms with Gasteiger partial charge >= 0.3 is 12.1 Å². The molecule has 0 spiro atoms. The van der Waals surface area contributed by atoms with E-state index in [1.807, 2.05) is 26.8 Å². The normalized spacial score (nSPS) is 21.1. The number of rotatable bonds is 6. The van der Waals surface area contributed by atoms with E-state index in [9.17, 15) is 28.2 Å². The summed E-state index contributed by atoms with van der Waals surface area (Å²) in [6, 6.07) is 6.21. The molecule has 0 amide bonds. The number of carbonyl (C=O) groups is 1. The maximum Gasteiger partial charge on any atom is 0.433 e. The Labute approximate surface area is 204 Å². The first kappa shape index (κ1) is 25.1. The van der Waals surface area contributed by atoms with Crippen molar-refractivity contribution in [2.24, 2.45) is 17.3 Å². The highest BCUT2D eigenvalue weighted by Gasteiger charge is 2.59. The molecule has 186 valence electrons. The first-order chi connectivity index (χ1) is 16.2. The van der Waals surface area contributed by atoms with Gasteiger partial charge < -0.3 is 15.5 Å². The van der Waals surface area contributed by atoms with Crippen LogP contribution in [0.2, 0.25) is 0 Å². The number of aromatic nitrogens is 3. The zero-order chi connectivity index (χ0) is 25.8. The minimum Gasteiger partial charge on any atom is -0.481 e. The Morgan fingerprint density at radius 1 is 1.23 bits per heavy atom. The Balaban J connectivity index is 1.59. The standard InChI is InChI=1S/C24H25F3N4O3S/c1-12-7-13(9-14(8-12)30-21-28-6-5-18(31-21)24(25,26)27)16-11-29-20(35-16)23(4,34)17-10-15(19(32)33)22(17,2)3/h5-9,11,15,17,34H,10H2,1-4H3,(H,32,33)(H,28,30,31). The minimum absolute atomic E-state index is 0.176. The molecule has 4 rings (SSSR count). The molecular weight excluding hydrogens is 481 g/mol. The maximum absolute atomic E-state index is 13.0. The van der Waals surface area contributed by atoms with Crippen LogP contribution in [0.3, 0.4) is 0 Å². The van der Waals surface area contributed by atoms with Gasteiger partial charge in [0.05, 0.1) is 10.8 Å². The molecule has 0 radical (unpaired) electrons. The number of hydrogen-bond acceptors (Lipinski definition) is 7. The lowest BCUT2D eigenvalue weighted by atomic mass is 9.50. The second-order valence-corrected chi connectivity index (χ2v) is 10.7. The summed E-state index contributed by atoms with van der Waals surface area (Å²) in [7, 11) is 0. The number of aryl methyl sites for hydroxylation is 1. The molecule has 3 unspecified atom stereocenters. The summed E-state index contributed by atoms with van der Waals surface area (Å²) in [6.07, 6.45) is -1.54. The molecule has 11 heteroatoms. The Bertz CT molecular complexity index is 1270. The number of aliphatic carboxylic acids is 1. The zero-order valence-electron chi connectivity index (χ0n) is 19.5. The Morgan fingerprint density at radius 3 is 2.57 bits per heavy atom. The molecule has 3 N–H and O–H groups in total. The third kappa shape index (κ3) is 4.74. The number of nitrogens with one attached hydrogen (secondary N) is 1. The minimum atomic E-state index is -4.58. The van der Waals surface area contributed by atoms with Gasteiger partial charge in [-0.3, -0.25) is 4.79 Å². The van der Waals surface area contributed by atoms with Crippen molar-refractivity contribution in [3.05, 3.63) is 52.9 Å². The van der Waals surface area contributed by atoms with Crippen LogP contribution in [-0.4, -0.2) is 31.1 Å². The van der Waals surface area contributed by atoms with Crippen LogP contribution >= 0.6 is 11.3 Å². The summed E-state index contributed by atoms with van der Waals surface area (Å²) in [5, 5.41) is 24.1. The van der Waals surface area contributed by atoms with Gasteiger partial charge in [0.2, 0.25) is 5.95 Å². The molecular formula is C24H25F3N4O3S. The lowest BCUT2D eigenvalue weighted by Crippen LogP contribution is -2.56. The van der Waals surface area contributed by atoms with Crippen LogP contribution < -0.4 is 5.32 Å². The van der Waals surface area contributed by atoms with Gasteiger partial charge in [0.25, 0.3) is 0 Å². The van der Waals surface area contributed by atoms with E-state index in [0.717, 1.165) is 28.3 Å². The number of hydrogen-bond donors (Lipinski definition) is 3. The number of carboxylic acid groups (broad SMARTS) is 1. The van der Waals surface area contributed by atoms with Crippen LogP contribution in [0.25, 0.3) is 10.4 Å². The molecule has 1 saturated carbocycles. The predicted molar refractivity (Wildman–Crippen MR) is 125 cm³/mol. The second kappa shape index (κ2) is 8.56. The second-order valence-electron chi connectivity index (χ2n) is 9.65. The van der Waals surface area contributed by atoms with Crippen molar-refractivity contribution in [1.82, 2.24) is 15.0 Å². The summed E-state index contributed by atoms with van der Waals surface area (Å²) in [6.45, 7) is 7.20. The molecule has 0 saturated heterocycles. The van der Waals surface area contributed by atoms with E-state index in [1.165, 1.54) is 11.3 Å². The number of nitrogens with zero attached hydrogens (tertiary/aromatic N) is 3. The molecule has 0 aliphatic heterocycles. The van der Waals surface area contributed by atoms with Crippen LogP contribution in [0, 0.1) is 24.2 Å². The van der Waals surface area contributed by atoms with Crippen LogP contribution in [0.4, 0.5) is 24.8 Å². The number of halogens is 3. The third-order valence-electron chi connectivity index (χ3n) is 6.75. The fraction of sp³-hybridized carbons (Fsp3) is 0.417. The molecule has 1 aliphatic carbocycles. The van der Waals surface area contributed by atoms with Crippen molar-refractivity contribution in [3.63, 3.8) is 0 Å². The number of aliphatic hydroxyl groups is 1. The van der Waals surface area contributed by atoms with Crippen molar-refractivity contribution in [3.8, 4) is 10.4 Å². The van der Waals surface area contributed by atoms with Crippen LogP contribution in [0.15, 0.2) is 36.7 Å². The maximum atomic E-state index is 13.0. The van der Waals surface area contributed by atoms with Gasteiger partial charge in [0.15, 0.2) is 0 Å². The number of alkyl halides is 3. The van der Waals surface area contributed by atoms with E-state index in [1.54, 1.807) is 25.3 Å². The fourth-order valence-electron chi connectivity index (χ4n) is 4.79. The molecule has 2 heterocycles. The highest BCUT2D eigenvalue weighted by atomic mass is 32.1. The van der Waals surface area contributed by atoms with Gasteiger partial charge in [0, 0.05) is 24.0 Å². The number of anilines is 2. The smallest absolute Gasteiger partial charge is 0.433 e. The fourth-order valence-corrected chi connectivity index (χ4v) is 5.80. The first-order valence-corrected chi connectivity index (χ1v) is 11.7. The molecule has 1 fully saturated rings. The quantitative estimate of drug-likeness (QED) is 0.398. The lowest BCUT2D eigenvalue weighted by Gasteiger charge is -2.55. The summed E-state index contributed by atoms with van der Waals surface area (Å²) < 4.78 is 38.9. The molecule has 3 aromatic rings. The number of thiazole rings is 1. The summed E-state index contributed by atoms with van der Waals surface area (Å²) in [5.41, 5.74) is -0.827. The first-order valence-electron chi connectivity index (χ1n) is 10.9. The Hall–Kier alpha value is -3.05. The molecule has 1 aromatic carbocycles. The van der Waals surface area contributed by atoms with Crippen LogP contribution in [0.5, 0.6) is 0 Å². The zero-order valence-corrected chi connectivity index (χ0v) is 20.3. The molecule has 0 bridgehead atoms.